The Morgan fingerprint density at radius 1 is 1.04 bits per heavy atom. The third-order valence-corrected chi connectivity index (χ3v) is 3.04. The predicted molar refractivity (Wildman–Crippen MR) is 88.2 cm³/mol. The maximum absolute atomic E-state index is 12.3. The molecule has 0 bridgehead atoms. The van der Waals surface area contributed by atoms with E-state index in [4.69, 9.17) is 4.42 Å². The summed E-state index contributed by atoms with van der Waals surface area (Å²) in [5.74, 6) is -1.45. The summed E-state index contributed by atoms with van der Waals surface area (Å²) in [4.78, 5) is 35.7. The molecule has 0 unspecified atom stereocenters. The van der Waals surface area contributed by atoms with E-state index >= 15 is 0 Å². The number of hydrogen-bond donors (Lipinski definition) is 3. The molecule has 0 fully saturated rings. The van der Waals surface area contributed by atoms with Gasteiger partial charge in [0, 0.05) is 6.54 Å². The summed E-state index contributed by atoms with van der Waals surface area (Å²) in [6.07, 6.45) is 2.97. The molecule has 1 aromatic carbocycles. The first-order valence-corrected chi connectivity index (χ1v) is 7.21. The molecule has 1 aromatic heterocycles. The molecular formula is C17H17N3O4. The number of amides is 3. The second-order valence-corrected chi connectivity index (χ2v) is 4.76. The average Bonchev–Trinajstić information content (AvgIpc) is 3.11. The van der Waals surface area contributed by atoms with Crippen molar-refractivity contribution in [3.05, 3.63) is 66.6 Å². The zero-order chi connectivity index (χ0) is 17.4. The zero-order valence-corrected chi connectivity index (χ0v) is 12.9. The molecule has 3 amide bonds. The van der Waals surface area contributed by atoms with Crippen molar-refractivity contribution in [2.24, 2.45) is 0 Å². The first-order valence-electron chi connectivity index (χ1n) is 7.21. The van der Waals surface area contributed by atoms with E-state index in [9.17, 15) is 14.4 Å². The van der Waals surface area contributed by atoms with Gasteiger partial charge in [-0.05, 0) is 24.3 Å². The number of rotatable bonds is 6. The molecule has 124 valence electrons. The van der Waals surface area contributed by atoms with Crippen LogP contribution in [0.1, 0.15) is 16.1 Å². The molecule has 3 N–H and O–H groups in total. The molecule has 0 aliphatic carbocycles. The number of carbonyl (C=O) groups is 3. The van der Waals surface area contributed by atoms with Crippen LogP contribution < -0.4 is 16.0 Å². The van der Waals surface area contributed by atoms with E-state index in [1.165, 1.54) is 12.3 Å². The van der Waals surface area contributed by atoms with Crippen LogP contribution >= 0.6 is 0 Å². The van der Waals surface area contributed by atoms with Gasteiger partial charge in [0.05, 0.1) is 24.1 Å². The molecule has 2 aromatic rings. The van der Waals surface area contributed by atoms with Crippen LogP contribution in [0.15, 0.2) is 59.7 Å². The third-order valence-electron chi connectivity index (χ3n) is 3.04. The van der Waals surface area contributed by atoms with Crippen molar-refractivity contribution < 1.29 is 18.8 Å². The van der Waals surface area contributed by atoms with E-state index in [2.05, 4.69) is 22.5 Å². The lowest BCUT2D eigenvalue weighted by molar-refractivity contribution is -0.136. The van der Waals surface area contributed by atoms with Gasteiger partial charge in [0.2, 0.25) is 0 Å². The van der Waals surface area contributed by atoms with Crippen LogP contribution in [0.5, 0.6) is 0 Å². The number of para-hydroxylation sites is 1. The van der Waals surface area contributed by atoms with Gasteiger partial charge < -0.3 is 20.4 Å². The molecule has 1 heterocycles. The Kier molecular flexibility index (Phi) is 5.90. The lowest BCUT2D eigenvalue weighted by Gasteiger charge is -2.10. The summed E-state index contributed by atoms with van der Waals surface area (Å²) in [5, 5.41) is 7.47. The highest BCUT2D eigenvalue weighted by atomic mass is 16.3. The van der Waals surface area contributed by atoms with E-state index in [1.54, 1.807) is 36.4 Å². The maximum atomic E-state index is 12.3. The molecule has 0 radical (unpaired) electrons. The quantitative estimate of drug-likeness (QED) is 0.552. The summed E-state index contributed by atoms with van der Waals surface area (Å²) in [5.41, 5.74) is 0.488. The maximum Gasteiger partial charge on any atom is 0.313 e. The van der Waals surface area contributed by atoms with Gasteiger partial charge >= 0.3 is 11.8 Å². The molecule has 2 rings (SSSR count). The van der Waals surface area contributed by atoms with Crippen LogP contribution in [0.3, 0.4) is 0 Å². The fraction of sp³-hybridized carbons (Fsp3) is 0.118. The van der Waals surface area contributed by atoms with Gasteiger partial charge in [-0.3, -0.25) is 14.4 Å². The van der Waals surface area contributed by atoms with Crippen LogP contribution in [0.25, 0.3) is 0 Å². The standard InChI is InChI=1S/C17H17N3O4/c1-2-9-18-16(22)17(23)20-14-8-4-3-7-13(14)15(21)19-11-12-6-5-10-24-12/h2-8,10H,1,9,11H2,(H,18,22)(H,19,21)(H,20,23). The Morgan fingerprint density at radius 2 is 1.83 bits per heavy atom. The predicted octanol–water partition coefficient (Wildman–Crippen LogP) is 1.45. The molecule has 7 nitrogen and oxygen atoms in total. The topological polar surface area (TPSA) is 100 Å². The minimum atomic E-state index is -0.858. The van der Waals surface area contributed by atoms with Gasteiger partial charge in [-0.15, -0.1) is 6.58 Å². The fourth-order valence-corrected chi connectivity index (χ4v) is 1.89. The van der Waals surface area contributed by atoms with Crippen molar-refractivity contribution in [2.45, 2.75) is 6.54 Å². The Hall–Kier alpha value is -3.35. The second kappa shape index (κ2) is 8.33. The van der Waals surface area contributed by atoms with Gasteiger partial charge in [0.15, 0.2) is 0 Å². The summed E-state index contributed by atoms with van der Waals surface area (Å²) in [6.45, 7) is 3.84. The number of nitrogens with one attached hydrogen (secondary N) is 3. The molecule has 0 atom stereocenters. The Morgan fingerprint density at radius 3 is 2.54 bits per heavy atom. The van der Waals surface area contributed by atoms with E-state index in [-0.39, 0.29) is 24.3 Å². The molecule has 0 aliphatic heterocycles. The second-order valence-electron chi connectivity index (χ2n) is 4.76. The first kappa shape index (κ1) is 17.0. The minimum Gasteiger partial charge on any atom is -0.467 e. The minimum absolute atomic E-state index is 0.178. The van der Waals surface area contributed by atoms with Crippen LogP contribution in [-0.2, 0) is 16.1 Å². The van der Waals surface area contributed by atoms with Crippen LogP contribution in [0.4, 0.5) is 5.69 Å². The molecule has 24 heavy (non-hydrogen) atoms. The summed E-state index contributed by atoms with van der Waals surface area (Å²) >= 11 is 0. The molecular weight excluding hydrogens is 310 g/mol. The van der Waals surface area contributed by atoms with Crippen molar-refractivity contribution in [3.63, 3.8) is 0 Å². The monoisotopic (exact) mass is 327 g/mol. The summed E-state index contributed by atoms with van der Waals surface area (Å²) in [6, 6.07) is 9.86. The van der Waals surface area contributed by atoms with Crippen molar-refractivity contribution in [2.75, 3.05) is 11.9 Å². The molecule has 0 aliphatic rings. The summed E-state index contributed by atoms with van der Waals surface area (Å²) < 4.78 is 5.14. The van der Waals surface area contributed by atoms with Crippen molar-refractivity contribution in [1.82, 2.24) is 10.6 Å². The number of benzene rings is 1. The smallest absolute Gasteiger partial charge is 0.313 e. The lowest BCUT2D eigenvalue weighted by atomic mass is 10.1. The van der Waals surface area contributed by atoms with Crippen molar-refractivity contribution >= 4 is 23.4 Å². The van der Waals surface area contributed by atoms with E-state index in [1.807, 2.05) is 0 Å². The highest BCUT2D eigenvalue weighted by Crippen LogP contribution is 2.15. The Labute approximate surface area is 138 Å². The van der Waals surface area contributed by atoms with Crippen molar-refractivity contribution in [3.8, 4) is 0 Å². The molecule has 0 saturated carbocycles. The van der Waals surface area contributed by atoms with Crippen molar-refractivity contribution in [1.29, 1.82) is 0 Å². The number of carbonyl (C=O) groups excluding carboxylic acids is 3. The van der Waals surface area contributed by atoms with Gasteiger partial charge in [0.25, 0.3) is 5.91 Å². The third kappa shape index (κ3) is 4.57. The Balaban J connectivity index is 2.03. The largest absolute Gasteiger partial charge is 0.467 e. The number of hydrogen-bond acceptors (Lipinski definition) is 4. The van der Waals surface area contributed by atoms with E-state index < -0.39 is 17.7 Å². The van der Waals surface area contributed by atoms with E-state index in [0.29, 0.717) is 5.76 Å². The highest BCUT2D eigenvalue weighted by molar-refractivity contribution is 6.40. The Bertz CT molecular complexity index is 738. The first-order chi connectivity index (χ1) is 11.6. The zero-order valence-electron chi connectivity index (χ0n) is 12.9. The SMILES string of the molecule is C=CCNC(=O)C(=O)Nc1ccccc1C(=O)NCc1ccco1. The van der Waals surface area contributed by atoms with Crippen LogP contribution in [0, 0.1) is 0 Å². The van der Waals surface area contributed by atoms with Crippen LogP contribution in [0.2, 0.25) is 0 Å². The molecule has 7 heteroatoms. The van der Waals surface area contributed by atoms with Gasteiger partial charge in [-0.2, -0.15) is 0 Å². The average molecular weight is 327 g/mol. The summed E-state index contributed by atoms with van der Waals surface area (Å²) in [7, 11) is 0. The number of anilines is 1. The molecule has 0 spiro atoms. The van der Waals surface area contributed by atoms with Crippen LogP contribution in [-0.4, -0.2) is 24.3 Å². The van der Waals surface area contributed by atoms with Gasteiger partial charge in [0.1, 0.15) is 5.76 Å². The normalized spacial score (nSPS) is 9.83. The lowest BCUT2D eigenvalue weighted by Crippen LogP contribution is -2.36. The van der Waals surface area contributed by atoms with E-state index in [0.717, 1.165) is 0 Å². The number of furan rings is 1. The molecule has 0 saturated heterocycles. The highest BCUT2D eigenvalue weighted by Gasteiger charge is 2.17. The fourth-order valence-electron chi connectivity index (χ4n) is 1.89. The van der Waals surface area contributed by atoms with Gasteiger partial charge in [-0.1, -0.05) is 18.2 Å². The van der Waals surface area contributed by atoms with Gasteiger partial charge in [-0.25, -0.2) is 0 Å².